The lowest BCUT2D eigenvalue weighted by atomic mass is 10.3. The van der Waals surface area contributed by atoms with E-state index in [9.17, 15) is 0 Å². The number of methoxy groups -OCH3 is 1. The molecule has 0 bridgehead atoms. The fourth-order valence-electron chi connectivity index (χ4n) is 1.47. The summed E-state index contributed by atoms with van der Waals surface area (Å²) in [6, 6.07) is 3.73. The number of fused-ring (bicyclic) bond motifs is 1. The minimum absolute atomic E-state index is 0.596. The first kappa shape index (κ1) is 17.3. The Bertz CT molecular complexity index is 498. The standard InChI is InChI=1S/C11H13N3O.2C2H6/c1-4-9-12-7(2)11-8(13-9)5-6-10(14-11)15-3;2*1-2/h5-6H,4H2,1-3H3;2*1-2H3. The summed E-state index contributed by atoms with van der Waals surface area (Å²) < 4.78 is 5.07. The van der Waals surface area contributed by atoms with Gasteiger partial charge in [-0.05, 0) is 13.0 Å². The molecular weight excluding hydrogens is 238 g/mol. The van der Waals surface area contributed by atoms with Gasteiger partial charge in [0, 0.05) is 12.5 Å². The van der Waals surface area contributed by atoms with E-state index >= 15 is 0 Å². The lowest BCUT2D eigenvalue weighted by Crippen LogP contribution is -1.99. The molecule has 0 aliphatic heterocycles. The Kier molecular flexibility index (Phi) is 8.42. The highest BCUT2D eigenvalue weighted by atomic mass is 16.5. The van der Waals surface area contributed by atoms with Gasteiger partial charge in [-0.2, -0.15) is 0 Å². The molecule has 0 N–H and O–H groups in total. The first-order chi connectivity index (χ1) is 9.24. The first-order valence-electron chi connectivity index (χ1n) is 6.93. The third-order valence-electron chi connectivity index (χ3n) is 2.26. The molecule has 0 saturated carbocycles. The molecule has 0 spiro atoms. The maximum Gasteiger partial charge on any atom is 0.213 e. The molecule has 2 heterocycles. The van der Waals surface area contributed by atoms with Gasteiger partial charge in [0.15, 0.2) is 0 Å². The van der Waals surface area contributed by atoms with Crippen LogP contribution < -0.4 is 4.74 Å². The summed E-state index contributed by atoms with van der Waals surface area (Å²) in [6.45, 7) is 12.0. The molecule has 0 aromatic carbocycles. The Hall–Kier alpha value is -1.71. The third kappa shape index (κ3) is 4.47. The smallest absolute Gasteiger partial charge is 0.213 e. The first-order valence-corrected chi connectivity index (χ1v) is 6.93. The van der Waals surface area contributed by atoms with Crippen molar-refractivity contribution in [2.45, 2.75) is 48.0 Å². The molecule has 2 aromatic rings. The molecule has 0 aliphatic carbocycles. The second-order valence-corrected chi connectivity index (χ2v) is 3.30. The van der Waals surface area contributed by atoms with Crippen molar-refractivity contribution in [3.63, 3.8) is 0 Å². The Labute approximate surface area is 116 Å². The number of nitrogens with zero attached hydrogens (tertiary/aromatic N) is 3. The largest absolute Gasteiger partial charge is 0.481 e. The van der Waals surface area contributed by atoms with Crippen LogP contribution in [-0.4, -0.2) is 22.1 Å². The van der Waals surface area contributed by atoms with Crippen LogP contribution in [0, 0.1) is 6.92 Å². The molecule has 0 radical (unpaired) electrons. The molecular formula is C15H25N3O. The van der Waals surface area contributed by atoms with Gasteiger partial charge < -0.3 is 4.74 Å². The molecule has 19 heavy (non-hydrogen) atoms. The quantitative estimate of drug-likeness (QED) is 0.823. The van der Waals surface area contributed by atoms with E-state index in [0.29, 0.717) is 5.88 Å². The second-order valence-electron chi connectivity index (χ2n) is 3.30. The Morgan fingerprint density at radius 2 is 1.63 bits per heavy atom. The predicted molar refractivity (Wildman–Crippen MR) is 80.7 cm³/mol. The molecule has 0 unspecified atom stereocenters. The molecule has 2 rings (SSSR count). The number of pyridine rings is 1. The normalized spacial score (nSPS) is 9.00. The van der Waals surface area contributed by atoms with E-state index in [1.165, 1.54) is 0 Å². The van der Waals surface area contributed by atoms with Crippen LogP contribution in [0.5, 0.6) is 5.88 Å². The topological polar surface area (TPSA) is 47.9 Å². The van der Waals surface area contributed by atoms with E-state index < -0.39 is 0 Å². The van der Waals surface area contributed by atoms with Gasteiger partial charge in [0.2, 0.25) is 5.88 Å². The monoisotopic (exact) mass is 263 g/mol. The van der Waals surface area contributed by atoms with Crippen molar-refractivity contribution in [3.8, 4) is 5.88 Å². The number of ether oxygens (including phenoxy) is 1. The van der Waals surface area contributed by atoms with Crippen LogP contribution in [0.3, 0.4) is 0 Å². The Morgan fingerprint density at radius 3 is 2.16 bits per heavy atom. The van der Waals surface area contributed by atoms with Crippen LogP contribution in [0.15, 0.2) is 12.1 Å². The minimum atomic E-state index is 0.596. The van der Waals surface area contributed by atoms with Gasteiger partial charge in [-0.25, -0.2) is 15.0 Å². The molecule has 0 amide bonds. The zero-order chi connectivity index (χ0) is 14.8. The third-order valence-corrected chi connectivity index (χ3v) is 2.26. The van der Waals surface area contributed by atoms with Gasteiger partial charge in [-0.15, -0.1) is 0 Å². The van der Waals surface area contributed by atoms with Crippen molar-refractivity contribution in [1.82, 2.24) is 15.0 Å². The van der Waals surface area contributed by atoms with E-state index in [-0.39, 0.29) is 0 Å². The van der Waals surface area contributed by atoms with E-state index in [4.69, 9.17) is 4.74 Å². The van der Waals surface area contributed by atoms with Crippen LogP contribution >= 0.6 is 0 Å². The van der Waals surface area contributed by atoms with Crippen molar-refractivity contribution in [2.75, 3.05) is 7.11 Å². The average molecular weight is 263 g/mol. The summed E-state index contributed by atoms with van der Waals surface area (Å²) in [6.07, 6.45) is 0.836. The van der Waals surface area contributed by atoms with E-state index in [1.807, 2.05) is 53.7 Å². The van der Waals surface area contributed by atoms with Gasteiger partial charge in [0.05, 0.1) is 18.3 Å². The van der Waals surface area contributed by atoms with Crippen molar-refractivity contribution in [1.29, 1.82) is 0 Å². The zero-order valence-corrected chi connectivity index (χ0v) is 13.1. The highest BCUT2D eigenvalue weighted by Crippen LogP contribution is 2.17. The number of rotatable bonds is 2. The van der Waals surface area contributed by atoms with Crippen LogP contribution in [-0.2, 0) is 6.42 Å². The number of aryl methyl sites for hydroxylation is 2. The zero-order valence-electron chi connectivity index (χ0n) is 13.1. The SMILES string of the molecule is CC.CC.CCc1nc(C)c2nc(OC)ccc2n1. The van der Waals surface area contributed by atoms with Gasteiger partial charge in [0.1, 0.15) is 11.3 Å². The molecule has 0 atom stereocenters. The van der Waals surface area contributed by atoms with Crippen LogP contribution in [0.25, 0.3) is 11.0 Å². The fraction of sp³-hybridized carbons (Fsp3) is 0.533. The van der Waals surface area contributed by atoms with Gasteiger partial charge in [0.25, 0.3) is 0 Å². The molecule has 0 saturated heterocycles. The number of aromatic nitrogens is 3. The Morgan fingerprint density at radius 1 is 1.00 bits per heavy atom. The summed E-state index contributed by atoms with van der Waals surface area (Å²) in [5.74, 6) is 1.45. The fourth-order valence-corrected chi connectivity index (χ4v) is 1.47. The molecule has 106 valence electrons. The summed E-state index contributed by atoms with van der Waals surface area (Å²) in [5, 5.41) is 0. The molecule has 0 aliphatic rings. The maximum atomic E-state index is 5.07. The lowest BCUT2D eigenvalue weighted by molar-refractivity contribution is 0.399. The van der Waals surface area contributed by atoms with Crippen LogP contribution in [0.1, 0.15) is 46.1 Å². The minimum Gasteiger partial charge on any atom is -0.481 e. The van der Waals surface area contributed by atoms with Gasteiger partial charge in [-0.3, -0.25) is 0 Å². The van der Waals surface area contributed by atoms with Crippen molar-refractivity contribution < 1.29 is 4.74 Å². The van der Waals surface area contributed by atoms with Crippen molar-refractivity contribution >= 4 is 11.0 Å². The van der Waals surface area contributed by atoms with Crippen molar-refractivity contribution in [2.24, 2.45) is 0 Å². The highest BCUT2D eigenvalue weighted by Gasteiger charge is 2.05. The maximum absolute atomic E-state index is 5.07. The molecule has 4 nitrogen and oxygen atoms in total. The van der Waals surface area contributed by atoms with E-state index in [1.54, 1.807) is 7.11 Å². The molecule has 4 heteroatoms. The number of hydrogen-bond donors (Lipinski definition) is 0. The van der Waals surface area contributed by atoms with Gasteiger partial charge in [-0.1, -0.05) is 34.6 Å². The molecule has 2 aromatic heterocycles. The summed E-state index contributed by atoms with van der Waals surface area (Å²) in [5.41, 5.74) is 2.59. The Balaban J connectivity index is 0.000000741. The van der Waals surface area contributed by atoms with E-state index in [0.717, 1.165) is 29.0 Å². The van der Waals surface area contributed by atoms with Crippen molar-refractivity contribution in [3.05, 3.63) is 23.7 Å². The average Bonchev–Trinajstić information content (AvgIpc) is 2.50. The number of hydrogen-bond acceptors (Lipinski definition) is 4. The van der Waals surface area contributed by atoms with E-state index in [2.05, 4.69) is 15.0 Å². The summed E-state index contributed by atoms with van der Waals surface area (Å²) in [7, 11) is 1.60. The lowest BCUT2D eigenvalue weighted by Gasteiger charge is -2.04. The van der Waals surface area contributed by atoms with Crippen LogP contribution in [0.4, 0.5) is 0 Å². The van der Waals surface area contributed by atoms with Crippen LogP contribution in [0.2, 0.25) is 0 Å². The summed E-state index contributed by atoms with van der Waals surface area (Å²) >= 11 is 0. The predicted octanol–water partition coefficient (Wildman–Crippen LogP) is 3.96. The summed E-state index contributed by atoms with van der Waals surface area (Å²) in [4.78, 5) is 13.1. The molecule has 0 fully saturated rings. The highest BCUT2D eigenvalue weighted by molar-refractivity contribution is 5.76. The van der Waals surface area contributed by atoms with Gasteiger partial charge >= 0.3 is 0 Å². The second kappa shape index (κ2) is 9.25.